The lowest BCUT2D eigenvalue weighted by molar-refractivity contribution is 0.233. The molecule has 3 aromatic rings. The van der Waals surface area contributed by atoms with Gasteiger partial charge in [-0.05, 0) is 29.8 Å². The van der Waals surface area contributed by atoms with Gasteiger partial charge in [-0.25, -0.2) is 14.2 Å². The first-order valence-corrected chi connectivity index (χ1v) is 9.07. The van der Waals surface area contributed by atoms with E-state index in [2.05, 4.69) is 15.6 Å². The predicted molar refractivity (Wildman–Crippen MR) is 105 cm³/mol. The molecule has 0 fully saturated rings. The number of para-hydroxylation sites is 1. The van der Waals surface area contributed by atoms with Gasteiger partial charge in [0.1, 0.15) is 18.5 Å². The van der Waals surface area contributed by atoms with Crippen molar-refractivity contribution >= 4 is 17.6 Å². The van der Waals surface area contributed by atoms with Crippen LogP contribution >= 0.6 is 11.6 Å². The number of hydrogen-bond acceptors (Lipinski definition) is 3. The van der Waals surface area contributed by atoms with Gasteiger partial charge in [0.05, 0.1) is 6.54 Å². The molecule has 3 rings (SSSR count). The number of rotatable bonds is 7. The SMILES string of the molecule is Cn1ccnc1[C@H](NC(=O)NCCOc1ccccc1F)c1ccc(Cl)cc1. The van der Waals surface area contributed by atoms with Gasteiger partial charge in [0, 0.05) is 24.5 Å². The maximum Gasteiger partial charge on any atom is 0.315 e. The lowest BCUT2D eigenvalue weighted by Gasteiger charge is -2.19. The van der Waals surface area contributed by atoms with E-state index in [1.54, 1.807) is 36.7 Å². The van der Waals surface area contributed by atoms with Crippen molar-refractivity contribution in [2.75, 3.05) is 13.2 Å². The summed E-state index contributed by atoms with van der Waals surface area (Å²) >= 11 is 5.96. The molecule has 6 nitrogen and oxygen atoms in total. The molecule has 0 aliphatic rings. The second kappa shape index (κ2) is 9.23. The highest BCUT2D eigenvalue weighted by Gasteiger charge is 2.20. The number of imidazole rings is 1. The summed E-state index contributed by atoms with van der Waals surface area (Å²) in [5.41, 5.74) is 0.844. The number of amides is 2. The number of carbonyl (C=O) groups is 1. The first-order valence-electron chi connectivity index (χ1n) is 8.69. The number of nitrogens with one attached hydrogen (secondary N) is 2. The zero-order valence-electron chi connectivity index (χ0n) is 15.2. The van der Waals surface area contributed by atoms with Gasteiger partial charge in [0.2, 0.25) is 0 Å². The summed E-state index contributed by atoms with van der Waals surface area (Å²) in [6.07, 6.45) is 3.47. The van der Waals surface area contributed by atoms with Crippen LogP contribution in [-0.4, -0.2) is 28.7 Å². The summed E-state index contributed by atoms with van der Waals surface area (Å²) in [5.74, 6) is 0.390. The van der Waals surface area contributed by atoms with Crippen LogP contribution < -0.4 is 15.4 Å². The second-order valence-corrected chi connectivity index (χ2v) is 6.50. The average molecular weight is 403 g/mol. The van der Waals surface area contributed by atoms with Crippen LogP contribution in [0.3, 0.4) is 0 Å². The van der Waals surface area contributed by atoms with Crippen molar-refractivity contribution in [2.24, 2.45) is 7.05 Å². The lowest BCUT2D eigenvalue weighted by atomic mass is 10.1. The minimum absolute atomic E-state index is 0.141. The van der Waals surface area contributed by atoms with Crippen LogP contribution in [0.5, 0.6) is 5.75 Å². The Morgan fingerprint density at radius 3 is 2.68 bits per heavy atom. The van der Waals surface area contributed by atoms with E-state index < -0.39 is 11.9 Å². The molecule has 0 unspecified atom stereocenters. The fraction of sp³-hybridized carbons (Fsp3) is 0.200. The van der Waals surface area contributed by atoms with E-state index in [0.29, 0.717) is 10.8 Å². The van der Waals surface area contributed by atoms with Gasteiger partial charge in [-0.15, -0.1) is 0 Å². The van der Waals surface area contributed by atoms with E-state index in [1.807, 2.05) is 23.7 Å². The largest absolute Gasteiger partial charge is 0.489 e. The minimum Gasteiger partial charge on any atom is -0.489 e. The van der Waals surface area contributed by atoms with Crippen molar-refractivity contribution in [1.29, 1.82) is 0 Å². The quantitative estimate of drug-likeness (QED) is 0.592. The lowest BCUT2D eigenvalue weighted by Crippen LogP contribution is -2.40. The van der Waals surface area contributed by atoms with E-state index in [9.17, 15) is 9.18 Å². The van der Waals surface area contributed by atoms with Crippen LogP contribution in [0.15, 0.2) is 60.9 Å². The van der Waals surface area contributed by atoms with E-state index in [4.69, 9.17) is 16.3 Å². The standard InChI is InChI=1S/C20H20ClFN4O2/c1-26-12-10-23-19(26)18(14-6-8-15(21)9-7-14)25-20(27)24-11-13-28-17-5-3-2-4-16(17)22/h2-10,12,18H,11,13H2,1H3,(H2,24,25,27)/t18-/m1/s1. The molecule has 0 aliphatic heterocycles. The molecule has 8 heteroatoms. The fourth-order valence-electron chi connectivity index (χ4n) is 2.68. The van der Waals surface area contributed by atoms with Gasteiger partial charge in [-0.2, -0.15) is 0 Å². The highest BCUT2D eigenvalue weighted by molar-refractivity contribution is 6.30. The highest BCUT2D eigenvalue weighted by atomic mass is 35.5. The van der Waals surface area contributed by atoms with Gasteiger partial charge in [-0.1, -0.05) is 35.9 Å². The van der Waals surface area contributed by atoms with Gasteiger partial charge in [0.15, 0.2) is 11.6 Å². The van der Waals surface area contributed by atoms with E-state index in [-0.39, 0.29) is 24.9 Å². The Labute approximate surface area is 167 Å². The van der Waals surface area contributed by atoms with Crippen LogP contribution in [0.1, 0.15) is 17.4 Å². The molecule has 0 saturated carbocycles. The molecule has 146 valence electrons. The maximum absolute atomic E-state index is 13.5. The molecule has 1 heterocycles. The summed E-state index contributed by atoms with van der Waals surface area (Å²) in [4.78, 5) is 16.7. The number of ether oxygens (including phenoxy) is 1. The average Bonchev–Trinajstić information content (AvgIpc) is 3.11. The van der Waals surface area contributed by atoms with Crippen molar-refractivity contribution in [3.63, 3.8) is 0 Å². The third-order valence-corrected chi connectivity index (χ3v) is 4.33. The van der Waals surface area contributed by atoms with Gasteiger partial charge < -0.3 is 19.9 Å². The summed E-state index contributed by atoms with van der Waals surface area (Å²) < 4.78 is 20.7. The molecule has 0 bridgehead atoms. The number of carbonyl (C=O) groups excluding carboxylic acids is 1. The zero-order chi connectivity index (χ0) is 19.9. The monoisotopic (exact) mass is 402 g/mol. The number of aryl methyl sites for hydroxylation is 1. The van der Waals surface area contributed by atoms with Gasteiger partial charge in [0.25, 0.3) is 0 Å². The number of nitrogens with zero attached hydrogens (tertiary/aromatic N) is 2. The number of urea groups is 1. The van der Waals surface area contributed by atoms with Crippen LogP contribution in [0, 0.1) is 5.82 Å². The third kappa shape index (κ3) is 5.01. The van der Waals surface area contributed by atoms with Crippen molar-refractivity contribution in [2.45, 2.75) is 6.04 Å². The molecule has 28 heavy (non-hydrogen) atoms. The molecule has 0 radical (unpaired) electrons. The molecule has 0 spiro atoms. The number of aromatic nitrogens is 2. The van der Waals surface area contributed by atoms with Crippen LogP contribution in [0.2, 0.25) is 5.02 Å². The van der Waals surface area contributed by atoms with Crippen molar-refractivity contribution < 1.29 is 13.9 Å². The Morgan fingerprint density at radius 2 is 2.00 bits per heavy atom. The van der Waals surface area contributed by atoms with Crippen LogP contribution in [0.25, 0.3) is 0 Å². The summed E-state index contributed by atoms with van der Waals surface area (Å²) in [5, 5.41) is 6.21. The summed E-state index contributed by atoms with van der Waals surface area (Å²) in [7, 11) is 1.85. The fourth-order valence-corrected chi connectivity index (χ4v) is 2.80. The zero-order valence-corrected chi connectivity index (χ0v) is 16.0. The van der Waals surface area contributed by atoms with E-state index >= 15 is 0 Å². The van der Waals surface area contributed by atoms with Gasteiger partial charge in [-0.3, -0.25) is 0 Å². The first kappa shape index (κ1) is 19.7. The topological polar surface area (TPSA) is 68.2 Å². The minimum atomic E-state index is -0.454. The van der Waals surface area contributed by atoms with Gasteiger partial charge >= 0.3 is 6.03 Å². The molecular formula is C20H20ClFN4O2. The van der Waals surface area contributed by atoms with Crippen molar-refractivity contribution in [3.05, 3.63) is 83.2 Å². The Kier molecular flexibility index (Phi) is 6.49. The molecular weight excluding hydrogens is 383 g/mol. The van der Waals surface area contributed by atoms with E-state index in [0.717, 1.165) is 5.56 Å². The molecule has 1 atom stereocenters. The number of benzene rings is 2. The number of hydrogen-bond donors (Lipinski definition) is 2. The highest BCUT2D eigenvalue weighted by Crippen LogP contribution is 2.22. The van der Waals surface area contributed by atoms with Crippen LogP contribution in [0.4, 0.5) is 9.18 Å². The Morgan fingerprint density at radius 1 is 1.25 bits per heavy atom. The Bertz CT molecular complexity index is 930. The molecule has 2 amide bonds. The molecule has 0 aliphatic carbocycles. The summed E-state index contributed by atoms with van der Waals surface area (Å²) in [6.45, 7) is 0.358. The molecule has 2 N–H and O–H groups in total. The van der Waals surface area contributed by atoms with Crippen LogP contribution in [-0.2, 0) is 7.05 Å². The second-order valence-electron chi connectivity index (χ2n) is 6.06. The third-order valence-electron chi connectivity index (χ3n) is 4.08. The molecule has 1 aromatic heterocycles. The van der Waals surface area contributed by atoms with E-state index in [1.165, 1.54) is 12.1 Å². The molecule has 2 aromatic carbocycles. The Balaban J connectivity index is 1.59. The maximum atomic E-state index is 13.5. The normalized spacial score (nSPS) is 11.7. The van der Waals surface area contributed by atoms with Crippen molar-refractivity contribution in [1.82, 2.24) is 20.2 Å². The summed E-state index contributed by atoms with van der Waals surface area (Å²) in [6, 6.07) is 12.5. The molecule has 0 saturated heterocycles. The first-order chi connectivity index (χ1) is 13.5. The Hall–Kier alpha value is -3.06. The number of halogens is 2. The predicted octanol–water partition coefficient (Wildman–Crippen LogP) is 3.68. The van der Waals surface area contributed by atoms with Crippen molar-refractivity contribution in [3.8, 4) is 5.75 Å². The smallest absolute Gasteiger partial charge is 0.315 e.